The van der Waals surface area contributed by atoms with Crippen LogP contribution in [0.2, 0.25) is 5.02 Å². The highest BCUT2D eigenvalue weighted by Gasteiger charge is 2.17. The third-order valence-corrected chi connectivity index (χ3v) is 4.74. The van der Waals surface area contributed by atoms with E-state index in [0.717, 1.165) is 11.6 Å². The third kappa shape index (κ3) is 4.56. The molecule has 0 saturated carbocycles. The zero-order valence-electron chi connectivity index (χ0n) is 13.3. The second kappa shape index (κ2) is 7.34. The van der Waals surface area contributed by atoms with E-state index >= 15 is 0 Å². The van der Waals surface area contributed by atoms with Crippen molar-refractivity contribution in [2.24, 2.45) is 5.14 Å². The van der Waals surface area contributed by atoms with Crippen molar-refractivity contribution in [3.8, 4) is 0 Å². The largest absolute Gasteiger partial charge is 0.457 e. The number of hydrogen-bond donors (Lipinski definition) is 1. The minimum atomic E-state index is -3.92. The number of ether oxygens (including phenoxy) is 1. The summed E-state index contributed by atoms with van der Waals surface area (Å²) >= 11 is 5.94. The average Bonchev–Trinajstić information content (AvgIpc) is 2.52. The van der Waals surface area contributed by atoms with Crippen molar-refractivity contribution in [2.45, 2.75) is 31.3 Å². The molecule has 24 heavy (non-hydrogen) atoms. The van der Waals surface area contributed by atoms with Gasteiger partial charge in [-0.3, -0.25) is 0 Å². The number of esters is 1. The van der Waals surface area contributed by atoms with E-state index in [-0.39, 0.29) is 22.1 Å². The van der Waals surface area contributed by atoms with Crippen molar-refractivity contribution in [1.82, 2.24) is 0 Å². The fourth-order valence-corrected chi connectivity index (χ4v) is 2.80. The number of sulfonamides is 1. The molecular weight excluding hydrogens is 350 g/mol. The highest BCUT2D eigenvalue weighted by molar-refractivity contribution is 7.89. The smallest absolute Gasteiger partial charge is 0.340 e. The zero-order chi connectivity index (χ0) is 17.9. The summed E-state index contributed by atoms with van der Waals surface area (Å²) in [4.78, 5) is 12.0. The maximum atomic E-state index is 12.2. The molecule has 0 fully saturated rings. The fraction of sp³-hybridized carbons (Fsp3) is 0.235. The van der Waals surface area contributed by atoms with Crippen molar-refractivity contribution in [2.75, 3.05) is 0 Å². The molecule has 0 radical (unpaired) electrons. The van der Waals surface area contributed by atoms with Crippen LogP contribution in [0.1, 0.15) is 41.3 Å². The first-order chi connectivity index (χ1) is 11.2. The first-order valence-corrected chi connectivity index (χ1v) is 9.19. The van der Waals surface area contributed by atoms with E-state index in [0.29, 0.717) is 5.92 Å². The molecule has 0 amide bonds. The lowest BCUT2D eigenvalue weighted by Gasteiger charge is -2.09. The third-order valence-electron chi connectivity index (χ3n) is 3.50. The van der Waals surface area contributed by atoms with Gasteiger partial charge in [-0.25, -0.2) is 18.4 Å². The minimum Gasteiger partial charge on any atom is -0.457 e. The van der Waals surface area contributed by atoms with Crippen LogP contribution in [0.3, 0.4) is 0 Å². The van der Waals surface area contributed by atoms with Crippen molar-refractivity contribution in [1.29, 1.82) is 0 Å². The molecule has 0 aliphatic rings. The summed E-state index contributed by atoms with van der Waals surface area (Å²) in [5.41, 5.74) is 1.97. The van der Waals surface area contributed by atoms with Crippen LogP contribution in [0.25, 0.3) is 0 Å². The molecule has 2 N–H and O–H groups in total. The Bertz CT molecular complexity index is 845. The predicted molar refractivity (Wildman–Crippen MR) is 92.5 cm³/mol. The first kappa shape index (κ1) is 18.4. The highest BCUT2D eigenvalue weighted by Crippen LogP contribution is 2.21. The molecule has 0 aliphatic carbocycles. The lowest BCUT2D eigenvalue weighted by Crippen LogP contribution is -2.14. The summed E-state index contributed by atoms with van der Waals surface area (Å²) in [7, 11) is -3.92. The van der Waals surface area contributed by atoms with Gasteiger partial charge in [-0.15, -0.1) is 0 Å². The molecule has 0 aromatic heterocycles. The molecule has 2 rings (SSSR count). The molecule has 5 nitrogen and oxygen atoms in total. The van der Waals surface area contributed by atoms with Crippen LogP contribution in [0.4, 0.5) is 0 Å². The van der Waals surface area contributed by atoms with E-state index in [4.69, 9.17) is 21.5 Å². The SMILES string of the molecule is CC(C)c1ccc(COC(=O)c2cc(S(N)(=O)=O)ccc2Cl)cc1. The maximum Gasteiger partial charge on any atom is 0.340 e. The van der Waals surface area contributed by atoms with Gasteiger partial charge >= 0.3 is 5.97 Å². The Kier molecular flexibility index (Phi) is 5.64. The molecule has 0 heterocycles. The maximum absolute atomic E-state index is 12.2. The van der Waals surface area contributed by atoms with Gasteiger partial charge in [-0.05, 0) is 35.2 Å². The molecule has 0 aliphatic heterocycles. The van der Waals surface area contributed by atoms with Crippen LogP contribution in [-0.2, 0) is 21.4 Å². The number of primary sulfonamides is 1. The number of halogens is 1. The van der Waals surface area contributed by atoms with Gasteiger partial charge in [0.25, 0.3) is 0 Å². The Labute approximate surface area is 146 Å². The lowest BCUT2D eigenvalue weighted by molar-refractivity contribution is 0.0472. The van der Waals surface area contributed by atoms with Gasteiger partial charge in [0.1, 0.15) is 6.61 Å². The highest BCUT2D eigenvalue weighted by atomic mass is 35.5. The van der Waals surface area contributed by atoms with E-state index in [1.54, 1.807) is 0 Å². The second-order valence-electron chi connectivity index (χ2n) is 5.66. The zero-order valence-corrected chi connectivity index (χ0v) is 14.9. The number of hydrogen-bond acceptors (Lipinski definition) is 4. The Balaban J connectivity index is 2.12. The van der Waals surface area contributed by atoms with Gasteiger partial charge in [0, 0.05) is 0 Å². The average molecular weight is 368 g/mol. The van der Waals surface area contributed by atoms with E-state index in [9.17, 15) is 13.2 Å². The molecular formula is C17H18ClNO4S. The van der Waals surface area contributed by atoms with Crippen LogP contribution in [0.5, 0.6) is 0 Å². The van der Waals surface area contributed by atoms with E-state index in [1.807, 2.05) is 24.3 Å². The summed E-state index contributed by atoms with van der Waals surface area (Å²) in [6, 6.07) is 11.4. The number of carbonyl (C=O) groups is 1. The molecule has 7 heteroatoms. The van der Waals surface area contributed by atoms with Crippen molar-refractivity contribution in [3.05, 3.63) is 64.2 Å². The Morgan fingerprint density at radius 1 is 1.17 bits per heavy atom. The second-order valence-corrected chi connectivity index (χ2v) is 7.63. The van der Waals surface area contributed by atoms with E-state index < -0.39 is 16.0 Å². The van der Waals surface area contributed by atoms with Crippen LogP contribution in [0.15, 0.2) is 47.4 Å². The summed E-state index contributed by atoms with van der Waals surface area (Å²) < 4.78 is 27.9. The summed E-state index contributed by atoms with van der Waals surface area (Å²) in [6.45, 7) is 4.25. The van der Waals surface area contributed by atoms with Gasteiger partial charge in [0.05, 0.1) is 15.5 Å². The number of carbonyl (C=O) groups excluding carboxylic acids is 1. The molecule has 0 atom stereocenters. The molecule has 2 aromatic rings. The van der Waals surface area contributed by atoms with Crippen LogP contribution >= 0.6 is 11.6 Å². The summed E-state index contributed by atoms with van der Waals surface area (Å²) in [6.07, 6.45) is 0. The first-order valence-electron chi connectivity index (χ1n) is 7.27. The molecule has 0 spiro atoms. The summed E-state index contributed by atoms with van der Waals surface area (Å²) in [5, 5.41) is 5.16. The van der Waals surface area contributed by atoms with Gasteiger partial charge < -0.3 is 4.74 Å². The lowest BCUT2D eigenvalue weighted by atomic mass is 10.0. The number of nitrogens with two attached hydrogens (primary N) is 1. The van der Waals surface area contributed by atoms with Crippen molar-refractivity contribution >= 4 is 27.6 Å². The Hall–Kier alpha value is -1.89. The Morgan fingerprint density at radius 2 is 1.79 bits per heavy atom. The van der Waals surface area contributed by atoms with Crippen LogP contribution < -0.4 is 5.14 Å². The van der Waals surface area contributed by atoms with E-state index in [1.165, 1.54) is 17.7 Å². The monoisotopic (exact) mass is 367 g/mol. The van der Waals surface area contributed by atoms with Crippen molar-refractivity contribution in [3.63, 3.8) is 0 Å². The number of rotatable bonds is 5. The molecule has 0 saturated heterocycles. The molecule has 0 bridgehead atoms. The quantitative estimate of drug-likeness (QED) is 0.820. The van der Waals surface area contributed by atoms with Gasteiger partial charge in [0.15, 0.2) is 0 Å². The van der Waals surface area contributed by atoms with Gasteiger partial charge in [0.2, 0.25) is 10.0 Å². The number of benzene rings is 2. The molecule has 128 valence electrons. The predicted octanol–water partition coefficient (Wildman–Crippen LogP) is 3.47. The minimum absolute atomic E-state index is 0.0398. The van der Waals surface area contributed by atoms with Crippen LogP contribution in [0, 0.1) is 0 Å². The molecule has 0 unspecified atom stereocenters. The topological polar surface area (TPSA) is 86.5 Å². The fourth-order valence-electron chi connectivity index (χ4n) is 2.06. The van der Waals surface area contributed by atoms with Crippen molar-refractivity contribution < 1.29 is 17.9 Å². The van der Waals surface area contributed by atoms with Crippen LogP contribution in [-0.4, -0.2) is 14.4 Å². The van der Waals surface area contributed by atoms with E-state index in [2.05, 4.69) is 13.8 Å². The summed E-state index contributed by atoms with van der Waals surface area (Å²) in [5.74, 6) is -0.292. The van der Waals surface area contributed by atoms with Gasteiger partial charge in [-0.2, -0.15) is 0 Å². The Morgan fingerprint density at radius 3 is 2.33 bits per heavy atom. The normalized spacial score (nSPS) is 11.5. The molecule has 2 aromatic carbocycles. The standard InChI is InChI=1S/C17H18ClNO4S/c1-11(2)13-5-3-12(4-6-13)10-23-17(20)15-9-14(24(19,21)22)7-8-16(15)18/h3-9,11H,10H2,1-2H3,(H2,19,21,22). The van der Waals surface area contributed by atoms with Gasteiger partial charge in [-0.1, -0.05) is 49.7 Å².